The summed E-state index contributed by atoms with van der Waals surface area (Å²) in [7, 11) is 0. The lowest BCUT2D eigenvalue weighted by Gasteiger charge is -2.12. The van der Waals surface area contributed by atoms with Crippen molar-refractivity contribution in [3.8, 4) is 0 Å². The van der Waals surface area contributed by atoms with E-state index in [1.54, 1.807) is 0 Å². The molecule has 2 rings (SSSR count). The van der Waals surface area contributed by atoms with Gasteiger partial charge >= 0.3 is 0 Å². The fraction of sp³-hybridized carbons (Fsp3) is 0.133. The number of hydrogen-bond acceptors (Lipinski definition) is 4. The second-order valence-corrected chi connectivity index (χ2v) is 4.58. The van der Waals surface area contributed by atoms with Gasteiger partial charge in [-0.3, -0.25) is 14.9 Å². The minimum absolute atomic E-state index is 0.0836. The lowest BCUT2D eigenvalue weighted by atomic mass is 10.1. The highest BCUT2D eigenvalue weighted by molar-refractivity contribution is 5.94. The van der Waals surface area contributed by atoms with Crippen LogP contribution < -0.4 is 5.32 Å². The Balaban J connectivity index is 1.96. The van der Waals surface area contributed by atoms with Gasteiger partial charge in [-0.05, 0) is 35.9 Å². The van der Waals surface area contributed by atoms with Crippen LogP contribution in [0, 0.1) is 15.9 Å². The number of hydrogen-bond donors (Lipinski definition) is 2. The third kappa shape index (κ3) is 3.86. The Labute approximate surface area is 125 Å². The molecule has 7 heteroatoms. The van der Waals surface area contributed by atoms with Crippen LogP contribution in [0.5, 0.6) is 0 Å². The lowest BCUT2D eigenvalue weighted by Crippen LogP contribution is -2.28. The van der Waals surface area contributed by atoms with Crippen molar-refractivity contribution in [2.24, 2.45) is 0 Å². The van der Waals surface area contributed by atoms with Crippen molar-refractivity contribution in [1.82, 2.24) is 5.32 Å². The van der Waals surface area contributed by atoms with Crippen LogP contribution in [0.25, 0.3) is 0 Å². The number of carbonyl (C=O) groups is 1. The normalized spacial score (nSPS) is 11.7. The Morgan fingerprint density at radius 1 is 1.27 bits per heavy atom. The first-order valence-corrected chi connectivity index (χ1v) is 6.43. The second kappa shape index (κ2) is 6.77. The fourth-order valence-electron chi connectivity index (χ4n) is 1.86. The van der Waals surface area contributed by atoms with Gasteiger partial charge in [0.25, 0.3) is 11.6 Å². The van der Waals surface area contributed by atoms with Crippen LogP contribution in [0.3, 0.4) is 0 Å². The number of nitrogens with one attached hydrogen (secondary N) is 1. The summed E-state index contributed by atoms with van der Waals surface area (Å²) in [6.45, 7) is -0.0901. The Morgan fingerprint density at radius 3 is 2.55 bits per heavy atom. The Morgan fingerprint density at radius 2 is 1.95 bits per heavy atom. The monoisotopic (exact) mass is 304 g/mol. The standard InChI is InChI=1S/C15H13FN2O4/c16-12-3-1-2-11(8-12)15(20)17-9-14(19)10-4-6-13(7-5-10)18(21)22/h1-8,14,19H,9H2,(H,17,20). The van der Waals surface area contributed by atoms with Gasteiger partial charge in [0.15, 0.2) is 0 Å². The van der Waals surface area contributed by atoms with Crippen molar-refractivity contribution in [1.29, 1.82) is 0 Å². The lowest BCUT2D eigenvalue weighted by molar-refractivity contribution is -0.384. The zero-order valence-corrected chi connectivity index (χ0v) is 11.4. The maximum Gasteiger partial charge on any atom is 0.269 e. The van der Waals surface area contributed by atoms with E-state index in [1.165, 1.54) is 42.5 Å². The van der Waals surface area contributed by atoms with E-state index in [0.29, 0.717) is 5.56 Å². The van der Waals surface area contributed by atoms with Gasteiger partial charge in [-0.25, -0.2) is 4.39 Å². The number of aliphatic hydroxyl groups excluding tert-OH is 1. The molecular weight excluding hydrogens is 291 g/mol. The summed E-state index contributed by atoms with van der Waals surface area (Å²) in [5.74, 6) is -1.04. The van der Waals surface area contributed by atoms with E-state index < -0.39 is 22.8 Å². The largest absolute Gasteiger partial charge is 0.387 e. The van der Waals surface area contributed by atoms with Crippen LogP contribution in [0.15, 0.2) is 48.5 Å². The van der Waals surface area contributed by atoms with Gasteiger partial charge in [-0.1, -0.05) is 6.07 Å². The summed E-state index contributed by atoms with van der Waals surface area (Å²) in [4.78, 5) is 21.8. The summed E-state index contributed by atoms with van der Waals surface area (Å²) >= 11 is 0. The highest BCUT2D eigenvalue weighted by atomic mass is 19.1. The number of carbonyl (C=O) groups excluding carboxylic acids is 1. The quantitative estimate of drug-likeness (QED) is 0.654. The minimum Gasteiger partial charge on any atom is -0.387 e. The van der Waals surface area contributed by atoms with Gasteiger partial charge in [-0.2, -0.15) is 0 Å². The average Bonchev–Trinajstić information content (AvgIpc) is 2.52. The molecule has 2 N–H and O–H groups in total. The number of nitrogens with zero attached hydrogens (tertiary/aromatic N) is 1. The number of nitro benzene ring substituents is 1. The van der Waals surface area contributed by atoms with Crippen molar-refractivity contribution >= 4 is 11.6 Å². The Bertz CT molecular complexity index is 688. The van der Waals surface area contributed by atoms with Crippen LogP contribution in [0.4, 0.5) is 10.1 Å². The molecule has 6 nitrogen and oxygen atoms in total. The van der Waals surface area contributed by atoms with E-state index in [1.807, 2.05) is 0 Å². The van der Waals surface area contributed by atoms with Crippen LogP contribution in [0.1, 0.15) is 22.0 Å². The number of non-ortho nitro benzene ring substituents is 1. The van der Waals surface area contributed by atoms with E-state index in [9.17, 15) is 24.4 Å². The summed E-state index contributed by atoms with van der Waals surface area (Å²) in [6, 6.07) is 10.6. The molecule has 0 aromatic heterocycles. The molecule has 22 heavy (non-hydrogen) atoms. The number of nitro groups is 1. The van der Waals surface area contributed by atoms with Crippen LogP contribution in [-0.2, 0) is 0 Å². The third-order valence-electron chi connectivity index (χ3n) is 3.03. The van der Waals surface area contributed by atoms with Crippen molar-refractivity contribution in [2.45, 2.75) is 6.10 Å². The molecule has 0 bridgehead atoms. The molecule has 0 spiro atoms. The predicted molar refractivity (Wildman–Crippen MR) is 76.8 cm³/mol. The van der Waals surface area contributed by atoms with Crippen molar-refractivity contribution in [2.75, 3.05) is 6.54 Å². The van der Waals surface area contributed by atoms with E-state index >= 15 is 0 Å². The molecule has 0 fully saturated rings. The number of amides is 1. The van der Waals surface area contributed by atoms with Crippen molar-refractivity contribution < 1.29 is 19.2 Å². The molecule has 0 aliphatic rings. The number of halogens is 1. The van der Waals surface area contributed by atoms with Crippen LogP contribution in [0.2, 0.25) is 0 Å². The zero-order valence-electron chi connectivity index (χ0n) is 11.4. The van der Waals surface area contributed by atoms with E-state index in [2.05, 4.69) is 5.32 Å². The molecule has 0 aliphatic heterocycles. The first-order chi connectivity index (χ1) is 10.5. The number of rotatable bonds is 5. The second-order valence-electron chi connectivity index (χ2n) is 4.58. The number of benzene rings is 2. The average molecular weight is 304 g/mol. The molecule has 1 unspecified atom stereocenters. The number of aliphatic hydroxyl groups is 1. The molecule has 2 aromatic rings. The maximum atomic E-state index is 13.0. The fourth-order valence-corrected chi connectivity index (χ4v) is 1.86. The molecular formula is C15H13FN2O4. The smallest absolute Gasteiger partial charge is 0.269 e. The molecule has 0 heterocycles. The molecule has 0 aliphatic carbocycles. The summed E-state index contributed by atoms with van der Waals surface area (Å²) < 4.78 is 13.0. The highest BCUT2D eigenvalue weighted by Crippen LogP contribution is 2.17. The van der Waals surface area contributed by atoms with E-state index in [-0.39, 0.29) is 17.8 Å². The van der Waals surface area contributed by atoms with Gasteiger partial charge in [0, 0.05) is 24.2 Å². The minimum atomic E-state index is -1.02. The van der Waals surface area contributed by atoms with E-state index in [0.717, 1.165) is 6.07 Å². The molecule has 0 saturated heterocycles. The summed E-state index contributed by atoms with van der Waals surface area (Å²) in [6.07, 6.45) is -1.02. The summed E-state index contributed by atoms with van der Waals surface area (Å²) in [5.41, 5.74) is 0.501. The highest BCUT2D eigenvalue weighted by Gasteiger charge is 2.13. The molecule has 114 valence electrons. The SMILES string of the molecule is O=C(NCC(O)c1ccc([N+](=O)[O-])cc1)c1cccc(F)c1. The van der Waals surface area contributed by atoms with Gasteiger partial charge < -0.3 is 10.4 Å². The van der Waals surface area contributed by atoms with Crippen molar-refractivity contribution in [3.05, 3.63) is 75.6 Å². The maximum absolute atomic E-state index is 13.0. The molecule has 1 atom stereocenters. The third-order valence-corrected chi connectivity index (χ3v) is 3.03. The van der Waals surface area contributed by atoms with Gasteiger partial charge in [-0.15, -0.1) is 0 Å². The molecule has 2 aromatic carbocycles. The van der Waals surface area contributed by atoms with E-state index in [4.69, 9.17) is 0 Å². The molecule has 0 saturated carbocycles. The first-order valence-electron chi connectivity index (χ1n) is 6.43. The first kappa shape index (κ1) is 15.6. The molecule has 1 amide bonds. The Kier molecular flexibility index (Phi) is 4.80. The van der Waals surface area contributed by atoms with Crippen LogP contribution >= 0.6 is 0 Å². The van der Waals surface area contributed by atoms with Gasteiger partial charge in [0.2, 0.25) is 0 Å². The van der Waals surface area contributed by atoms with Crippen LogP contribution in [-0.4, -0.2) is 22.5 Å². The zero-order chi connectivity index (χ0) is 16.1. The summed E-state index contributed by atoms with van der Waals surface area (Å²) in [5, 5.41) is 23.0. The molecule has 0 radical (unpaired) electrons. The topological polar surface area (TPSA) is 92.5 Å². The van der Waals surface area contributed by atoms with Crippen molar-refractivity contribution in [3.63, 3.8) is 0 Å². The Hall–Kier alpha value is -2.80. The predicted octanol–water partition coefficient (Wildman–Crippen LogP) is 2.20. The van der Waals surface area contributed by atoms with Gasteiger partial charge in [0.05, 0.1) is 11.0 Å². The van der Waals surface area contributed by atoms with Gasteiger partial charge in [0.1, 0.15) is 5.82 Å².